The first kappa shape index (κ1) is 11.4. The molecule has 0 bridgehead atoms. The van der Waals surface area contributed by atoms with Gasteiger partial charge in [0.25, 0.3) is 0 Å². The summed E-state index contributed by atoms with van der Waals surface area (Å²) in [5.41, 5.74) is 0.0885. The Bertz CT molecular complexity index is 191. The molecular formula is C13H25NO. The molecule has 0 aromatic heterocycles. The lowest BCUT2D eigenvalue weighted by Crippen LogP contribution is -2.52. The van der Waals surface area contributed by atoms with E-state index in [0.717, 1.165) is 5.92 Å². The average Bonchev–Trinajstić information content (AvgIpc) is 2.71. The van der Waals surface area contributed by atoms with E-state index in [0.29, 0.717) is 12.6 Å². The van der Waals surface area contributed by atoms with Crippen LogP contribution in [-0.2, 0) is 0 Å². The summed E-state index contributed by atoms with van der Waals surface area (Å²) in [5, 5.41) is 13.3. The molecule has 0 heterocycles. The van der Waals surface area contributed by atoms with Crippen molar-refractivity contribution < 1.29 is 5.11 Å². The van der Waals surface area contributed by atoms with E-state index in [1.54, 1.807) is 0 Å². The molecule has 2 N–H and O–H groups in total. The van der Waals surface area contributed by atoms with Crippen LogP contribution in [-0.4, -0.2) is 23.3 Å². The maximum Gasteiger partial charge on any atom is 0.0613 e. The Morgan fingerprint density at radius 2 is 1.73 bits per heavy atom. The normalized spacial score (nSPS) is 35.6. The smallest absolute Gasteiger partial charge is 0.0613 e. The predicted molar refractivity (Wildman–Crippen MR) is 62.8 cm³/mol. The van der Waals surface area contributed by atoms with E-state index in [1.165, 1.54) is 51.4 Å². The van der Waals surface area contributed by atoms with E-state index < -0.39 is 0 Å². The van der Waals surface area contributed by atoms with Gasteiger partial charge in [0.2, 0.25) is 0 Å². The minimum atomic E-state index is 0.0885. The van der Waals surface area contributed by atoms with Crippen molar-refractivity contribution in [3.63, 3.8) is 0 Å². The number of aliphatic hydroxyl groups is 1. The van der Waals surface area contributed by atoms with Crippen LogP contribution in [0, 0.1) is 5.92 Å². The van der Waals surface area contributed by atoms with Crippen molar-refractivity contribution in [1.29, 1.82) is 0 Å². The highest BCUT2D eigenvalue weighted by Gasteiger charge is 2.35. The number of hydrogen-bond donors (Lipinski definition) is 2. The highest BCUT2D eigenvalue weighted by atomic mass is 16.3. The Kier molecular flexibility index (Phi) is 3.68. The molecule has 2 saturated carbocycles. The lowest BCUT2D eigenvalue weighted by Gasteiger charge is -2.36. The fourth-order valence-electron chi connectivity index (χ4n) is 3.24. The van der Waals surface area contributed by atoms with Crippen LogP contribution >= 0.6 is 0 Å². The second kappa shape index (κ2) is 4.84. The van der Waals surface area contributed by atoms with Gasteiger partial charge in [0, 0.05) is 11.6 Å². The van der Waals surface area contributed by atoms with Crippen LogP contribution in [0.3, 0.4) is 0 Å². The zero-order valence-electron chi connectivity index (χ0n) is 9.97. The maximum absolute atomic E-state index is 9.54. The molecule has 2 rings (SSSR count). The summed E-state index contributed by atoms with van der Waals surface area (Å²) < 4.78 is 0. The monoisotopic (exact) mass is 211 g/mol. The minimum absolute atomic E-state index is 0.0885. The van der Waals surface area contributed by atoms with Gasteiger partial charge in [0.15, 0.2) is 0 Å². The van der Waals surface area contributed by atoms with Crippen molar-refractivity contribution in [3.8, 4) is 0 Å². The third-order valence-corrected chi connectivity index (χ3v) is 4.39. The molecular weight excluding hydrogens is 186 g/mol. The topological polar surface area (TPSA) is 32.3 Å². The Labute approximate surface area is 93.5 Å². The molecule has 15 heavy (non-hydrogen) atoms. The summed E-state index contributed by atoms with van der Waals surface area (Å²) in [6, 6.07) is 0.673. The fourth-order valence-corrected chi connectivity index (χ4v) is 3.24. The van der Waals surface area contributed by atoms with Crippen LogP contribution in [0.15, 0.2) is 0 Å². The van der Waals surface area contributed by atoms with Gasteiger partial charge in [-0.1, -0.05) is 19.8 Å². The van der Waals surface area contributed by atoms with Crippen molar-refractivity contribution in [1.82, 2.24) is 5.32 Å². The van der Waals surface area contributed by atoms with Crippen molar-refractivity contribution in [2.24, 2.45) is 5.92 Å². The van der Waals surface area contributed by atoms with Gasteiger partial charge in [-0.25, -0.2) is 0 Å². The second-order valence-corrected chi connectivity index (χ2v) is 5.75. The maximum atomic E-state index is 9.54. The van der Waals surface area contributed by atoms with Crippen molar-refractivity contribution in [2.75, 3.05) is 6.61 Å². The molecule has 0 aromatic rings. The summed E-state index contributed by atoms with van der Waals surface area (Å²) in [7, 11) is 0. The first-order chi connectivity index (χ1) is 7.24. The Hall–Kier alpha value is -0.0800. The molecule has 0 aliphatic heterocycles. The Morgan fingerprint density at radius 1 is 1.13 bits per heavy atom. The van der Waals surface area contributed by atoms with Crippen LogP contribution in [0.2, 0.25) is 0 Å². The SMILES string of the molecule is CC1CCC(NC2(CO)CCCC2)CC1. The van der Waals surface area contributed by atoms with Gasteiger partial charge in [-0.05, 0) is 44.4 Å². The van der Waals surface area contributed by atoms with Crippen molar-refractivity contribution in [3.05, 3.63) is 0 Å². The molecule has 88 valence electrons. The molecule has 2 nitrogen and oxygen atoms in total. The van der Waals surface area contributed by atoms with Crippen LogP contribution < -0.4 is 5.32 Å². The lowest BCUT2D eigenvalue weighted by molar-refractivity contribution is 0.136. The number of hydrogen-bond acceptors (Lipinski definition) is 2. The van der Waals surface area contributed by atoms with Crippen LogP contribution in [0.25, 0.3) is 0 Å². The van der Waals surface area contributed by atoms with Gasteiger partial charge in [-0.15, -0.1) is 0 Å². The lowest BCUT2D eigenvalue weighted by atomic mass is 9.85. The molecule has 0 amide bonds. The first-order valence-corrected chi connectivity index (χ1v) is 6.63. The van der Waals surface area contributed by atoms with Crippen LogP contribution in [0.4, 0.5) is 0 Å². The van der Waals surface area contributed by atoms with E-state index in [4.69, 9.17) is 0 Å². The molecule has 2 heteroatoms. The van der Waals surface area contributed by atoms with Gasteiger partial charge < -0.3 is 10.4 Å². The number of aliphatic hydroxyl groups excluding tert-OH is 1. The molecule has 0 atom stereocenters. The van der Waals surface area contributed by atoms with Crippen LogP contribution in [0.1, 0.15) is 58.3 Å². The molecule has 0 radical (unpaired) electrons. The largest absolute Gasteiger partial charge is 0.394 e. The second-order valence-electron chi connectivity index (χ2n) is 5.75. The fraction of sp³-hybridized carbons (Fsp3) is 1.00. The summed E-state index contributed by atoms with van der Waals surface area (Å²) in [6.45, 7) is 2.69. The Balaban J connectivity index is 1.84. The molecule has 0 unspecified atom stereocenters. The zero-order chi connectivity index (χ0) is 10.7. The van der Waals surface area contributed by atoms with Crippen LogP contribution in [0.5, 0.6) is 0 Å². The zero-order valence-corrected chi connectivity index (χ0v) is 9.97. The summed E-state index contributed by atoms with van der Waals surface area (Å²) in [5.74, 6) is 0.914. The van der Waals surface area contributed by atoms with E-state index in [-0.39, 0.29) is 5.54 Å². The van der Waals surface area contributed by atoms with Gasteiger partial charge in [0.1, 0.15) is 0 Å². The van der Waals surface area contributed by atoms with Crippen molar-refractivity contribution >= 4 is 0 Å². The van der Waals surface area contributed by atoms with E-state index in [1.807, 2.05) is 0 Å². The first-order valence-electron chi connectivity index (χ1n) is 6.63. The van der Waals surface area contributed by atoms with Gasteiger partial charge >= 0.3 is 0 Å². The molecule has 2 aliphatic rings. The molecule has 0 aromatic carbocycles. The molecule has 2 fully saturated rings. The van der Waals surface area contributed by atoms with Gasteiger partial charge in [0.05, 0.1) is 6.61 Å². The summed E-state index contributed by atoms with van der Waals surface area (Å²) in [4.78, 5) is 0. The van der Waals surface area contributed by atoms with E-state index in [9.17, 15) is 5.11 Å². The quantitative estimate of drug-likeness (QED) is 0.751. The third-order valence-electron chi connectivity index (χ3n) is 4.39. The summed E-state index contributed by atoms with van der Waals surface area (Å²) in [6.07, 6.45) is 10.3. The van der Waals surface area contributed by atoms with Gasteiger partial charge in [-0.3, -0.25) is 0 Å². The number of rotatable bonds is 3. The molecule has 2 aliphatic carbocycles. The standard InChI is InChI=1S/C13H25NO/c1-11-4-6-12(7-5-11)14-13(10-15)8-2-3-9-13/h11-12,14-15H,2-10H2,1H3. The van der Waals surface area contributed by atoms with E-state index >= 15 is 0 Å². The van der Waals surface area contributed by atoms with Crippen molar-refractivity contribution in [2.45, 2.75) is 69.9 Å². The predicted octanol–water partition coefficient (Wildman–Crippen LogP) is 2.46. The minimum Gasteiger partial charge on any atom is -0.394 e. The number of nitrogens with one attached hydrogen (secondary N) is 1. The van der Waals surface area contributed by atoms with Gasteiger partial charge in [-0.2, -0.15) is 0 Å². The summed E-state index contributed by atoms with van der Waals surface area (Å²) >= 11 is 0. The molecule has 0 spiro atoms. The third kappa shape index (κ3) is 2.73. The Morgan fingerprint density at radius 3 is 2.27 bits per heavy atom. The van der Waals surface area contributed by atoms with E-state index in [2.05, 4.69) is 12.2 Å². The highest BCUT2D eigenvalue weighted by Crippen LogP contribution is 2.32. The average molecular weight is 211 g/mol. The highest BCUT2D eigenvalue weighted by molar-refractivity contribution is 4.95. The molecule has 0 saturated heterocycles.